The topological polar surface area (TPSA) is 50.1 Å². The molecule has 6 heteroatoms. The lowest BCUT2D eigenvalue weighted by molar-refractivity contribution is 0.0607. The Labute approximate surface area is 117 Å². The Balaban J connectivity index is 2.71. The van der Waals surface area contributed by atoms with E-state index in [1.807, 2.05) is 23.8 Å². The van der Waals surface area contributed by atoms with Crippen molar-refractivity contribution >= 4 is 40.4 Å². The van der Waals surface area contributed by atoms with Crippen molar-refractivity contribution < 1.29 is 9.53 Å². The predicted octanol–water partition coefficient (Wildman–Crippen LogP) is 3.86. The van der Waals surface area contributed by atoms with Crippen LogP contribution in [-0.2, 0) is 4.74 Å². The van der Waals surface area contributed by atoms with E-state index in [9.17, 15) is 10.1 Å². The van der Waals surface area contributed by atoms with Gasteiger partial charge in [0.2, 0.25) is 0 Å². The fraction of sp³-hybridized carbons (Fsp3) is 0.167. The molecule has 0 amide bonds. The molecule has 2 heterocycles. The minimum atomic E-state index is -0.389. The zero-order valence-electron chi connectivity index (χ0n) is 9.72. The highest BCUT2D eigenvalue weighted by Crippen LogP contribution is 2.42. The molecule has 0 aliphatic heterocycles. The molecule has 0 aliphatic carbocycles. The third-order valence-corrected chi connectivity index (χ3v) is 5.49. The van der Waals surface area contributed by atoms with E-state index in [4.69, 9.17) is 4.74 Å². The van der Waals surface area contributed by atoms with E-state index in [-0.39, 0.29) is 5.97 Å². The fourth-order valence-electron chi connectivity index (χ4n) is 1.55. The molecular weight excluding hydrogens is 286 g/mol. The molecule has 2 aromatic rings. The summed E-state index contributed by atoms with van der Waals surface area (Å²) in [7, 11) is 1.35. The van der Waals surface area contributed by atoms with Crippen LogP contribution in [-0.4, -0.2) is 19.3 Å². The second kappa shape index (κ2) is 5.57. The normalized spacial score (nSPS) is 10.1. The zero-order chi connectivity index (χ0) is 13.1. The second-order valence-corrected chi connectivity index (χ2v) is 6.30. The first kappa shape index (κ1) is 13.1. The van der Waals surface area contributed by atoms with Gasteiger partial charge in [-0.2, -0.15) is 5.26 Å². The summed E-state index contributed by atoms with van der Waals surface area (Å²) in [5.41, 5.74) is 1.27. The number of nitriles is 1. The molecule has 92 valence electrons. The van der Waals surface area contributed by atoms with Gasteiger partial charge in [-0.1, -0.05) is 6.07 Å². The van der Waals surface area contributed by atoms with Crippen LogP contribution in [0.15, 0.2) is 21.7 Å². The number of ether oxygens (including phenoxy) is 1. The molecule has 0 radical (unpaired) electrons. The quantitative estimate of drug-likeness (QED) is 0.637. The van der Waals surface area contributed by atoms with E-state index in [1.165, 1.54) is 41.5 Å². The first-order valence-corrected chi connectivity index (χ1v) is 7.88. The minimum absolute atomic E-state index is 0.389. The van der Waals surface area contributed by atoms with Gasteiger partial charge >= 0.3 is 5.97 Å². The number of hydrogen-bond donors (Lipinski definition) is 0. The molecule has 0 N–H and O–H groups in total. The Morgan fingerprint density at radius 3 is 2.83 bits per heavy atom. The number of thiophene rings is 2. The smallest absolute Gasteiger partial charge is 0.348 e. The number of carbonyl (C=O) groups excluding carboxylic acids is 1. The summed E-state index contributed by atoms with van der Waals surface area (Å²) in [5, 5.41) is 11.2. The van der Waals surface area contributed by atoms with E-state index in [2.05, 4.69) is 6.07 Å². The van der Waals surface area contributed by atoms with Crippen LogP contribution in [0.3, 0.4) is 0 Å². The highest BCUT2D eigenvalue weighted by atomic mass is 32.2. The van der Waals surface area contributed by atoms with Gasteiger partial charge in [0.25, 0.3) is 0 Å². The standard InChI is InChI=1S/C12H9NO2S3/c1-15-11(14)10-9(8-4-3-5-17-8)7(6-13)12(16-2)18-10/h3-5H,1-2H3. The number of thioether (sulfide) groups is 1. The SMILES string of the molecule is COC(=O)c1sc(SC)c(C#N)c1-c1cccs1. The molecule has 3 nitrogen and oxygen atoms in total. The maximum atomic E-state index is 11.8. The number of rotatable bonds is 3. The third kappa shape index (κ3) is 2.17. The van der Waals surface area contributed by atoms with Gasteiger partial charge in [0.05, 0.1) is 16.9 Å². The Hall–Kier alpha value is -1.29. The van der Waals surface area contributed by atoms with E-state index < -0.39 is 0 Å². The van der Waals surface area contributed by atoms with Crippen LogP contribution in [0.5, 0.6) is 0 Å². The molecule has 0 saturated heterocycles. The average Bonchev–Trinajstić information content (AvgIpc) is 3.03. The van der Waals surface area contributed by atoms with Gasteiger partial charge in [0.15, 0.2) is 0 Å². The van der Waals surface area contributed by atoms with Crippen molar-refractivity contribution in [1.82, 2.24) is 0 Å². The van der Waals surface area contributed by atoms with Crippen molar-refractivity contribution in [3.63, 3.8) is 0 Å². The van der Waals surface area contributed by atoms with Gasteiger partial charge in [0.1, 0.15) is 10.9 Å². The Kier molecular flexibility index (Phi) is 4.07. The van der Waals surface area contributed by atoms with Crippen LogP contribution in [0, 0.1) is 11.3 Å². The molecule has 0 aliphatic rings. The lowest BCUT2D eigenvalue weighted by Crippen LogP contribution is -1.99. The summed E-state index contributed by atoms with van der Waals surface area (Å²) in [5.74, 6) is -0.389. The maximum absolute atomic E-state index is 11.8. The van der Waals surface area contributed by atoms with Crippen LogP contribution >= 0.6 is 34.4 Å². The fourth-order valence-corrected chi connectivity index (χ4v) is 4.25. The highest BCUT2D eigenvalue weighted by Gasteiger charge is 2.24. The van der Waals surface area contributed by atoms with Crippen molar-refractivity contribution in [2.24, 2.45) is 0 Å². The van der Waals surface area contributed by atoms with Gasteiger partial charge in [-0.05, 0) is 17.7 Å². The number of carbonyl (C=O) groups is 1. The first-order chi connectivity index (χ1) is 8.72. The van der Waals surface area contributed by atoms with Crippen molar-refractivity contribution in [2.75, 3.05) is 13.4 Å². The Morgan fingerprint density at radius 1 is 1.56 bits per heavy atom. The molecule has 0 spiro atoms. The van der Waals surface area contributed by atoms with Crippen LogP contribution in [0.4, 0.5) is 0 Å². The third-order valence-electron chi connectivity index (χ3n) is 2.31. The van der Waals surface area contributed by atoms with E-state index in [1.54, 1.807) is 0 Å². The molecule has 0 fully saturated rings. The molecule has 0 saturated carbocycles. The summed E-state index contributed by atoms with van der Waals surface area (Å²) in [6.07, 6.45) is 1.89. The van der Waals surface area contributed by atoms with Gasteiger partial charge in [-0.15, -0.1) is 34.4 Å². The van der Waals surface area contributed by atoms with Crippen molar-refractivity contribution in [3.8, 4) is 16.5 Å². The van der Waals surface area contributed by atoms with Crippen molar-refractivity contribution in [1.29, 1.82) is 5.26 Å². The number of hydrogen-bond acceptors (Lipinski definition) is 6. The molecular formula is C12H9NO2S3. The Morgan fingerprint density at radius 2 is 2.33 bits per heavy atom. The molecule has 0 bridgehead atoms. The van der Waals surface area contributed by atoms with Crippen LogP contribution in [0.2, 0.25) is 0 Å². The Bertz CT molecular complexity index is 608. The van der Waals surface area contributed by atoms with Gasteiger partial charge in [-0.3, -0.25) is 0 Å². The number of methoxy groups -OCH3 is 1. The van der Waals surface area contributed by atoms with Crippen molar-refractivity contribution in [3.05, 3.63) is 28.0 Å². The largest absolute Gasteiger partial charge is 0.465 e. The van der Waals surface area contributed by atoms with E-state index in [0.717, 1.165) is 9.09 Å². The van der Waals surface area contributed by atoms with Crippen LogP contribution in [0.25, 0.3) is 10.4 Å². The van der Waals surface area contributed by atoms with Crippen LogP contribution < -0.4 is 0 Å². The lowest BCUT2D eigenvalue weighted by atomic mass is 10.1. The molecule has 0 unspecified atom stereocenters. The summed E-state index contributed by atoms with van der Waals surface area (Å²) in [4.78, 5) is 13.2. The van der Waals surface area contributed by atoms with Gasteiger partial charge in [0, 0.05) is 10.4 Å². The number of esters is 1. The minimum Gasteiger partial charge on any atom is -0.465 e. The predicted molar refractivity (Wildman–Crippen MR) is 75.5 cm³/mol. The molecule has 0 aromatic carbocycles. The van der Waals surface area contributed by atoms with E-state index >= 15 is 0 Å². The molecule has 18 heavy (non-hydrogen) atoms. The summed E-state index contributed by atoms with van der Waals surface area (Å²) < 4.78 is 5.64. The summed E-state index contributed by atoms with van der Waals surface area (Å²) in [6.45, 7) is 0. The average molecular weight is 295 g/mol. The van der Waals surface area contributed by atoms with Gasteiger partial charge < -0.3 is 4.74 Å². The molecule has 0 atom stereocenters. The lowest BCUT2D eigenvalue weighted by Gasteiger charge is -2.00. The van der Waals surface area contributed by atoms with Crippen molar-refractivity contribution in [2.45, 2.75) is 4.21 Å². The van der Waals surface area contributed by atoms with E-state index in [0.29, 0.717) is 16.0 Å². The summed E-state index contributed by atoms with van der Waals surface area (Å²) >= 11 is 4.30. The molecule has 2 rings (SSSR count). The summed E-state index contributed by atoms with van der Waals surface area (Å²) in [6, 6.07) is 6.00. The highest BCUT2D eigenvalue weighted by molar-refractivity contribution is 8.00. The van der Waals surface area contributed by atoms with Crippen LogP contribution in [0.1, 0.15) is 15.2 Å². The first-order valence-electron chi connectivity index (χ1n) is 4.96. The monoisotopic (exact) mass is 295 g/mol. The zero-order valence-corrected chi connectivity index (χ0v) is 12.2. The second-order valence-electron chi connectivity index (χ2n) is 3.25. The molecule has 2 aromatic heterocycles. The number of nitrogens with zero attached hydrogens (tertiary/aromatic N) is 1. The maximum Gasteiger partial charge on any atom is 0.348 e. The van der Waals surface area contributed by atoms with Gasteiger partial charge in [-0.25, -0.2) is 4.79 Å².